The Balaban J connectivity index is 1.85. The van der Waals surface area contributed by atoms with Gasteiger partial charge < -0.3 is 0 Å². The van der Waals surface area contributed by atoms with Gasteiger partial charge in [0.1, 0.15) is 5.82 Å². The summed E-state index contributed by atoms with van der Waals surface area (Å²) < 4.78 is 13.5. The molecule has 0 heterocycles. The van der Waals surface area contributed by atoms with E-state index in [4.69, 9.17) is 0 Å². The molecule has 0 atom stereocenters. The minimum absolute atomic E-state index is 0.0421. The highest BCUT2D eigenvalue weighted by molar-refractivity contribution is 5.98. The molecule has 0 saturated carbocycles. The van der Waals surface area contributed by atoms with Gasteiger partial charge in [-0.1, -0.05) is 36.4 Å². The zero-order chi connectivity index (χ0) is 13.4. The Kier molecular flexibility index (Phi) is 2.94. The van der Waals surface area contributed by atoms with Gasteiger partial charge in [0.05, 0.1) is 0 Å². The lowest BCUT2D eigenvalue weighted by Gasteiger charge is -2.08. The van der Waals surface area contributed by atoms with Gasteiger partial charge in [-0.15, -0.1) is 0 Å². The molecule has 0 spiro atoms. The Hall–Kier alpha value is -1.96. The molecule has 0 bridgehead atoms. The van der Waals surface area contributed by atoms with E-state index in [2.05, 4.69) is 12.1 Å². The van der Waals surface area contributed by atoms with Gasteiger partial charge in [0.2, 0.25) is 0 Å². The summed E-state index contributed by atoms with van der Waals surface area (Å²) in [6.07, 6.45) is 1.54. The number of halogens is 1. The van der Waals surface area contributed by atoms with Gasteiger partial charge in [0, 0.05) is 11.5 Å². The van der Waals surface area contributed by atoms with Crippen LogP contribution in [0.4, 0.5) is 4.39 Å². The number of carbonyl (C=O) groups is 1. The van der Waals surface area contributed by atoms with Crippen LogP contribution in [0.1, 0.15) is 27.0 Å². The number of hydrogen-bond acceptors (Lipinski definition) is 1. The van der Waals surface area contributed by atoms with Crippen molar-refractivity contribution in [2.24, 2.45) is 5.92 Å². The molecule has 0 aromatic heterocycles. The van der Waals surface area contributed by atoms with E-state index in [1.54, 1.807) is 19.1 Å². The Labute approximate surface area is 112 Å². The van der Waals surface area contributed by atoms with Crippen LogP contribution in [0.2, 0.25) is 0 Å². The molecule has 0 radical (unpaired) electrons. The van der Waals surface area contributed by atoms with Crippen LogP contribution in [0, 0.1) is 18.7 Å². The number of carbonyl (C=O) groups excluding carboxylic acids is 1. The molecule has 0 unspecified atom stereocenters. The standard InChI is InChI=1S/C17H15FO/c1-11-6-7-14(10-16(11)18)17(19)15-8-12-4-2-3-5-13(12)9-15/h2-7,10,15H,8-9H2,1H3. The second-order valence-corrected chi connectivity index (χ2v) is 5.20. The van der Waals surface area contributed by atoms with E-state index in [0.29, 0.717) is 11.1 Å². The first-order valence-electron chi connectivity index (χ1n) is 6.52. The fourth-order valence-corrected chi connectivity index (χ4v) is 2.73. The molecule has 3 rings (SSSR count). The monoisotopic (exact) mass is 254 g/mol. The summed E-state index contributed by atoms with van der Waals surface area (Å²) in [5, 5.41) is 0. The average Bonchev–Trinajstić information content (AvgIpc) is 2.85. The fourth-order valence-electron chi connectivity index (χ4n) is 2.73. The smallest absolute Gasteiger partial charge is 0.166 e. The van der Waals surface area contributed by atoms with Crippen molar-refractivity contribution in [1.82, 2.24) is 0 Å². The first-order chi connectivity index (χ1) is 9.15. The van der Waals surface area contributed by atoms with Crippen LogP contribution >= 0.6 is 0 Å². The van der Waals surface area contributed by atoms with Crippen molar-refractivity contribution in [3.05, 3.63) is 70.5 Å². The summed E-state index contributed by atoms with van der Waals surface area (Å²) in [6.45, 7) is 1.70. The van der Waals surface area contributed by atoms with E-state index in [0.717, 1.165) is 12.8 Å². The molecule has 1 aliphatic carbocycles. The number of Topliss-reactive ketones (excluding diaryl/α,β-unsaturated/α-hetero) is 1. The SMILES string of the molecule is Cc1ccc(C(=O)C2Cc3ccccc3C2)cc1F. The summed E-state index contributed by atoms with van der Waals surface area (Å²) in [6, 6.07) is 12.9. The Morgan fingerprint density at radius 2 is 1.74 bits per heavy atom. The zero-order valence-electron chi connectivity index (χ0n) is 10.8. The van der Waals surface area contributed by atoms with Crippen molar-refractivity contribution < 1.29 is 9.18 Å². The minimum Gasteiger partial charge on any atom is -0.294 e. The van der Waals surface area contributed by atoms with Crippen LogP contribution < -0.4 is 0 Å². The predicted molar refractivity (Wildman–Crippen MR) is 72.8 cm³/mol. The van der Waals surface area contributed by atoms with Gasteiger partial charge in [-0.2, -0.15) is 0 Å². The van der Waals surface area contributed by atoms with E-state index in [1.807, 2.05) is 12.1 Å². The third kappa shape index (κ3) is 2.19. The molecule has 0 aliphatic heterocycles. The summed E-state index contributed by atoms with van der Waals surface area (Å²) in [5.41, 5.74) is 3.55. The molecule has 1 nitrogen and oxygen atoms in total. The number of ketones is 1. The summed E-state index contributed by atoms with van der Waals surface area (Å²) in [5.74, 6) is -0.295. The molecule has 0 amide bonds. The number of aryl methyl sites for hydroxylation is 1. The number of hydrogen-bond donors (Lipinski definition) is 0. The van der Waals surface area contributed by atoms with E-state index < -0.39 is 0 Å². The average molecular weight is 254 g/mol. The molecule has 2 aromatic carbocycles. The Morgan fingerprint density at radius 1 is 1.11 bits per heavy atom. The Morgan fingerprint density at radius 3 is 2.32 bits per heavy atom. The second kappa shape index (κ2) is 4.61. The first kappa shape index (κ1) is 12.1. The molecule has 0 N–H and O–H groups in total. The van der Waals surface area contributed by atoms with Crippen LogP contribution in [-0.2, 0) is 12.8 Å². The highest BCUT2D eigenvalue weighted by atomic mass is 19.1. The highest BCUT2D eigenvalue weighted by Crippen LogP contribution is 2.29. The normalized spacial score (nSPS) is 14.4. The lowest BCUT2D eigenvalue weighted by atomic mass is 9.94. The summed E-state index contributed by atoms with van der Waals surface area (Å²) in [4.78, 5) is 12.4. The molecule has 0 fully saturated rings. The lowest BCUT2D eigenvalue weighted by Crippen LogP contribution is -2.15. The van der Waals surface area contributed by atoms with Crippen molar-refractivity contribution in [3.63, 3.8) is 0 Å². The zero-order valence-corrected chi connectivity index (χ0v) is 10.8. The third-order valence-corrected chi connectivity index (χ3v) is 3.88. The molecular weight excluding hydrogens is 239 g/mol. The quantitative estimate of drug-likeness (QED) is 0.746. The van der Waals surface area contributed by atoms with Crippen molar-refractivity contribution in [3.8, 4) is 0 Å². The molecule has 19 heavy (non-hydrogen) atoms. The lowest BCUT2D eigenvalue weighted by molar-refractivity contribution is 0.0924. The van der Waals surface area contributed by atoms with Gasteiger partial charge in [-0.3, -0.25) is 4.79 Å². The Bertz CT molecular complexity index is 620. The van der Waals surface area contributed by atoms with Crippen LogP contribution in [0.25, 0.3) is 0 Å². The van der Waals surface area contributed by atoms with Gasteiger partial charge in [0.25, 0.3) is 0 Å². The maximum atomic E-state index is 13.5. The largest absolute Gasteiger partial charge is 0.294 e. The van der Waals surface area contributed by atoms with E-state index in [9.17, 15) is 9.18 Å². The van der Waals surface area contributed by atoms with Crippen LogP contribution in [0.5, 0.6) is 0 Å². The minimum atomic E-state index is -0.304. The predicted octanol–water partition coefficient (Wildman–Crippen LogP) is 3.73. The van der Waals surface area contributed by atoms with Crippen molar-refractivity contribution in [2.45, 2.75) is 19.8 Å². The highest BCUT2D eigenvalue weighted by Gasteiger charge is 2.27. The molecule has 2 aromatic rings. The first-order valence-corrected chi connectivity index (χ1v) is 6.52. The molecule has 0 saturated heterocycles. The molecule has 96 valence electrons. The third-order valence-electron chi connectivity index (χ3n) is 3.88. The van der Waals surface area contributed by atoms with Crippen molar-refractivity contribution >= 4 is 5.78 Å². The number of benzene rings is 2. The van der Waals surface area contributed by atoms with Gasteiger partial charge in [0.15, 0.2) is 5.78 Å². The summed E-state index contributed by atoms with van der Waals surface area (Å²) in [7, 11) is 0. The van der Waals surface area contributed by atoms with Crippen LogP contribution in [0.3, 0.4) is 0 Å². The summed E-state index contributed by atoms with van der Waals surface area (Å²) >= 11 is 0. The number of fused-ring (bicyclic) bond motifs is 1. The maximum Gasteiger partial charge on any atom is 0.166 e. The molecule has 2 heteroatoms. The number of rotatable bonds is 2. The second-order valence-electron chi connectivity index (χ2n) is 5.20. The molecular formula is C17H15FO. The van der Waals surface area contributed by atoms with Crippen molar-refractivity contribution in [2.75, 3.05) is 0 Å². The van der Waals surface area contributed by atoms with E-state index in [1.165, 1.54) is 17.2 Å². The fraction of sp³-hybridized carbons (Fsp3) is 0.235. The topological polar surface area (TPSA) is 17.1 Å². The van der Waals surface area contributed by atoms with Gasteiger partial charge in [-0.25, -0.2) is 4.39 Å². The van der Waals surface area contributed by atoms with Crippen LogP contribution in [-0.4, -0.2) is 5.78 Å². The van der Waals surface area contributed by atoms with Gasteiger partial charge >= 0.3 is 0 Å². The van der Waals surface area contributed by atoms with E-state index in [-0.39, 0.29) is 17.5 Å². The van der Waals surface area contributed by atoms with Crippen molar-refractivity contribution in [1.29, 1.82) is 0 Å². The molecule has 1 aliphatic rings. The van der Waals surface area contributed by atoms with Gasteiger partial charge in [-0.05, 0) is 42.5 Å². The maximum absolute atomic E-state index is 13.5. The van der Waals surface area contributed by atoms with E-state index >= 15 is 0 Å². The van der Waals surface area contributed by atoms with Crippen LogP contribution in [0.15, 0.2) is 42.5 Å².